The lowest BCUT2D eigenvalue weighted by atomic mass is 10.2. The van der Waals surface area contributed by atoms with Crippen molar-refractivity contribution in [3.05, 3.63) is 22.2 Å². The highest BCUT2D eigenvalue weighted by molar-refractivity contribution is 5.71. The lowest BCUT2D eigenvalue weighted by molar-refractivity contribution is -0.384. The summed E-state index contributed by atoms with van der Waals surface area (Å²) >= 11 is 0. The summed E-state index contributed by atoms with van der Waals surface area (Å²) in [4.78, 5) is 21.1. The summed E-state index contributed by atoms with van der Waals surface area (Å²) in [5, 5.41) is 22.6. The smallest absolute Gasteiger partial charge is 0.305 e. The number of carboxylic acids is 1. The molecule has 1 atom stereocenters. The molecule has 8 heteroatoms. The first-order valence-corrected chi connectivity index (χ1v) is 6.03. The number of ether oxygens (including phenoxy) is 2. The van der Waals surface area contributed by atoms with E-state index in [1.807, 2.05) is 0 Å². The molecule has 108 valence electrons. The highest BCUT2D eigenvalue weighted by atomic mass is 16.6. The highest BCUT2D eigenvalue weighted by Gasteiger charge is 2.23. The summed E-state index contributed by atoms with van der Waals surface area (Å²) in [5.74, 6) is -0.253. The number of nitro groups is 1. The van der Waals surface area contributed by atoms with Crippen LogP contribution in [0.1, 0.15) is 13.3 Å². The Morgan fingerprint density at radius 2 is 2.05 bits per heavy atom. The average molecular weight is 282 g/mol. The summed E-state index contributed by atoms with van der Waals surface area (Å²) in [7, 11) is 0. The number of benzene rings is 1. The van der Waals surface area contributed by atoms with Gasteiger partial charge in [0.2, 0.25) is 0 Å². The predicted octanol–water partition coefficient (Wildman–Crippen LogP) is 1.64. The molecule has 0 spiro atoms. The number of nitrogens with zero attached hydrogens (tertiary/aromatic N) is 1. The Labute approximate surface area is 114 Å². The van der Waals surface area contributed by atoms with Crippen molar-refractivity contribution in [3.8, 4) is 11.5 Å². The van der Waals surface area contributed by atoms with Gasteiger partial charge in [0.05, 0.1) is 17.4 Å². The fraction of sp³-hybridized carbons (Fsp3) is 0.417. The van der Waals surface area contributed by atoms with Gasteiger partial charge in [-0.25, -0.2) is 0 Å². The SMILES string of the molecule is CC(CC(=O)O)Nc1cc2c(cc1[N+](=O)[O-])OCCO2. The fourth-order valence-corrected chi connectivity index (χ4v) is 1.92. The largest absolute Gasteiger partial charge is 0.486 e. The fourth-order valence-electron chi connectivity index (χ4n) is 1.92. The summed E-state index contributed by atoms with van der Waals surface area (Å²) in [6.45, 7) is 2.34. The quantitative estimate of drug-likeness (QED) is 0.623. The van der Waals surface area contributed by atoms with Crippen molar-refractivity contribution in [3.63, 3.8) is 0 Å². The second-order valence-corrected chi connectivity index (χ2v) is 4.41. The van der Waals surface area contributed by atoms with Crippen LogP contribution in [0, 0.1) is 10.1 Å². The van der Waals surface area contributed by atoms with Crippen LogP contribution in [0.2, 0.25) is 0 Å². The Kier molecular flexibility index (Phi) is 3.92. The molecule has 1 aliphatic rings. The maximum atomic E-state index is 11.1. The number of anilines is 1. The number of hydrogen-bond donors (Lipinski definition) is 2. The molecular formula is C12H14N2O6. The molecule has 1 unspecified atom stereocenters. The number of carbonyl (C=O) groups is 1. The van der Waals surface area contributed by atoms with Crippen LogP contribution in [0.25, 0.3) is 0 Å². The normalized spacial score (nSPS) is 14.4. The van der Waals surface area contributed by atoms with Crippen LogP contribution >= 0.6 is 0 Å². The minimum absolute atomic E-state index is 0.147. The Morgan fingerprint density at radius 3 is 2.60 bits per heavy atom. The molecule has 2 rings (SSSR count). The molecule has 8 nitrogen and oxygen atoms in total. The van der Waals surface area contributed by atoms with E-state index in [0.717, 1.165) is 0 Å². The summed E-state index contributed by atoms with van der Waals surface area (Å²) < 4.78 is 10.6. The second kappa shape index (κ2) is 5.64. The first-order valence-electron chi connectivity index (χ1n) is 6.03. The van der Waals surface area contributed by atoms with Crippen LogP contribution in [0.3, 0.4) is 0 Å². The zero-order valence-corrected chi connectivity index (χ0v) is 10.8. The molecule has 1 aliphatic heterocycles. The van der Waals surface area contributed by atoms with E-state index in [4.69, 9.17) is 14.6 Å². The Morgan fingerprint density at radius 1 is 1.45 bits per heavy atom. The van der Waals surface area contributed by atoms with Crippen molar-refractivity contribution in [2.75, 3.05) is 18.5 Å². The van der Waals surface area contributed by atoms with Gasteiger partial charge in [-0.1, -0.05) is 0 Å². The van der Waals surface area contributed by atoms with Gasteiger partial charge in [0.25, 0.3) is 5.69 Å². The van der Waals surface area contributed by atoms with Crippen molar-refractivity contribution in [2.24, 2.45) is 0 Å². The minimum Gasteiger partial charge on any atom is -0.486 e. The van der Waals surface area contributed by atoms with Crippen LogP contribution in [0.15, 0.2) is 12.1 Å². The molecule has 0 saturated carbocycles. The third-order valence-electron chi connectivity index (χ3n) is 2.74. The lowest BCUT2D eigenvalue weighted by Gasteiger charge is -2.20. The summed E-state index contributed by atoms with van der Waals surface area (Å²) in [5.41, 5.74) is 0.0412. The number of nitro benzene ring substituents is 1. The van der Waals surface area contributed by atoms with Gasteiger partial charge in [-0.3, -0.25) is 14.9 Å². The van der Waals surface area contributed by atoms with Gasteiger partial charge in [0.1, 0.15) is 18.9 Å². The Bertz CT molecular complexity index is 545. The van der Waals surface area contributed by atoms with E-state index < -0.39 is 16.9 Å². The van der Waals surface area contributed by atoms with Crippen molar-refractivity contribution >= 4 is 17.3 Å². The van der Waals surface area contributed by atoms with Gasteiger partial charge >= 0.3 is 5.97 Å². The summed E-state index contributed by atoms with van der Waals surface area (Å²) in [6, 6.07) is 2.30. The van der Waals surface area contributed by atoms with Crippen molar-refractivity contribution in [1.29, 1.82) is 0 Å². The van der Waals surface area contributed by atoms with E-state index >= 15 is 0 Å². The monoisotopic (exact) mass is 282 g/mol. The molecular weight excluding hydrogens is 268 g/mol. The number of carboxylic acid groups (broad SMARTS) is 1. The van der Waals surface area contributed by atoms with Gasteiger partial charge < -0.3 is 19.9 Å². The molecule has 0 saturated heterocycles. The second-order valence-electron chi connectivity index (χ2n) is 4.41. The van der Waals surface area contributed by atoms with Gasteiger partial charge in [0.15, 0.2) is 11.5 Å². The van der Waals surface area contributed by atoms with Gasteiger partial charge in [-0.2, -0.15) is 0 Å². The zero-order valence-electron chi connectivity index (χ0n) is 10.8. The lowest BCUT2D eigenvalue weighted by Crippen LogP contribution is -2.21. The molecule has 0 fully saturated rings. The van der Waals surface area contributed by atoms with Crippen LogP contribution in [0.5, 0.6) is 11.5 Å². The molecule has 0 radical (unpaired) electrons. The van der Waals surface area contributed by atoms with Gasteiger partial charge in [0, 0.05) is 12.1 Å². The van der Waals surface area contributed by atoms with Crippen LogP contribution in [-0.4, -0.2) is 35.3 Å². The molecule has 0 aliphatic carbocycles. The Hall–Kier alpha value is -2.51. The third-order valence-corrected chi connectivity index (χ3v) is 2.74. The van der Waals surface area contributed by atoms with E-state index in [1.165, 1.54) is 12.1 Å². The average Bonchev–Trinajstić information content (AvgIpc) is 2.36. The van der Waals surface area contributed by atoms with Crippen molar-refractivity contribution in [2.45, 2.75) is 19.4 Å². The van der Waals surface area contributed by atoms with Crippen molar-refractivity contribution in [1.82, 2.24) is 0 Å². The van der Waals surface area contributed by atoms with Crippen molar-refractivity contribution < 1.29 is 24.3 Å². The first-order chi connectivity index (χ1) is 9.47. The topological polar surface area (TPSA) is 111 Å². The third kappa shape index (κ3) is 3.08. The number of fused-ring (bicyclic) bond motifs is 1. The molecule has 0 aromatic heterocycles. The summed E-state index contributed by atoms with van der Waals surface area (Å²) in [6.07, 6.45) is -0.147. The molecule has 0 bridgehead atoms. The van der Waals surface area contributed by atoms with Crippen LogP contribution in [0.4, 0.5) is 11.4 Å². The Balaban J connectivity index is 2.30. The number of nitrogens with one attached hydrogen (secondary N) is 1. The van der Waals surface area contributed by atoms with E-state index in [1.54, 1.807) is 6.92 Å². The molecule has 1 aromatic rings. The maximum absolute atomic E-state index is 11.1. The first kappa shape index (κ1) is 13.9. The van der Waals surface area contributed by atoms with E-state index in [9.17, 15) is 14.9 Å². The molecule has 2 N–H and O–H groups in total. The van der Waals surface area contributed by atoms with Gasteiger partial charge in [-0.05, 0) is 6.92 Å². The number of aliphatic carboxylic acids is 1. The minimum atomic E-state index is -0.981. The standard InChI is InChI=1S/C12H14N2O6/c1-7(4-12(15)16)13-8-5-10-11(20-3-2-19-10)6-9(8)14(17)18/h5-7,13H,2-4H2,1H3,(H,15,16). The van der Waals surface area contributed by atoms with Crippen LogP contribution < -0.4 is 14.8 Å². The number of hydrogen-bond acceptors (Lipinski definition) is 6. The highest BCUT2D eigenvalue weighted by Crippen LogP contribution is 2.39. The molecule has 1 heterocycles. The molecule has 1 aromatic carbocycles. The number of rotatable bonds is 5. The van der Waals surface area contributed by atoms with E-state index in [-0.39, 0.29) is 17.8 Å². The zero-order chi connectivity index (χ0) is 14.7. The van der Waals surface area contributed by atoms with Crippen LogP contribution in [-0.2, 0) is 4.79 Å². The van der Waals surface area contributed by atoms with Gasteiger partial charge in [-0.15, -0.1) is 0 Å². The van der Waals surface area contributed by atoms with E-state index in [2.05, 4.69) is 5.32 Å². The maximum Gasteiger partial charge on any atom is 0.305 e. The van der Waals surface area contributed by atoms with E-state index in [0.29, 0.717) is 24.7 Å². The molecule has 20 heavy (non-hydrogen) atoms. The molecule has 0 amide bonds. The predicted molar refractivity (Wildman–Crippen MR) is 69.4 cm³/mol.